The molecule has 0 aromatic heterocycles. The van der Waals surface area contributed by atoms with E-state index < -0.39 is 12.2 Å². The third-order valence-electron chi connectivity index (χ3n) is 3.32. The number of carboxylic acid groups (broad SMARTS) is 1. The maximum Gasteiger partial charge on any atom is 0.407 e. The van der Waals surface area contributed by atoms with Gasteiger partial charge in [-0.25, -0.2) is 9.59 Å². The molecule has 6 heteroatoms. The second kappa shape index (κ2) is 6.79. The Labute approximate surface area is 117 Å². The summed E-state index contributed by atoms with van der Waals surface area (Å²) in [6.07, 6.45) is 0.140. The van der Waals surface area contributed by atoms with Gasteiger partial charge in [-0.05, 0) is 18.4 Å². The Kier molecular flexibility index (Phi) is 4.81. The molecule has 1 saturated heterocycles. The molecule has 1 heterocycles. The lowest BCUT2D eigenvalue weighted by Crippen LogP contribution is -2.42. The molecule has 1 aromatic rings. The fourth-order valence-corrected chi connectivity index (χ4v) is 2.28. The average Bonchev–Trinajstić information content (AvgIpc) is 2.92. The Morgan fingerprint density at radius 3 is 2.80 bits per heavy atom. The summed E-state index contributed by atoms with van der Waals surface area (Å²) < 4.78 is 5.07. The molecule has 2 rings (SSSR count). The SMILES string of the molecule is O=C(NC[C@H]1CCCN1C(=O)O)OCc1ccccc1. The highest BCUT2D eigenvalue weighted by atomic mass is 16.5. The topological polar surface area (TPSA) is 78.9 Å². The molecule has 20 heavy (non-hydrogen) atoms. The molecule has 0 unspecified atom stereocenters. The molecule has 1 aromatic carbocycles. The Bertz CT molecular complexity index is 464. The molecule has 2 amide bonds. The highest BCUT2D eigenvalue weighted by Crippen LogP contribution is 2.16. The largest absolute Gasteiger partial charge is 0.465 e. The van der Waals surface area contributed by atoms with E-state index in [0.717, 1.165) is 18.4 Å². The van der Waals surface area contributed by atoms with Crippen LogP contribution in [-0.2, 0) is 11.3 Å². The van der Waals surface area contributed by atoms with Crippen molar-refractivity contribution in [2.45, 2.75) is 25.5 Å². The molecule has 0 bridgehead atoms. The molecular formula is C14H18N2O4. The van der Waals surface area contributed by atoms with Crippen LogP contribution in [0.15, 0.2) is 30.3 Å². The summed E-state index contributed by atoms with van der Waals surface area (Å²) in [5, 5.41) is 11.6. The molecule has 2 N–H and O–H groups in total. The molecule has 1 aliphatic heterocycles. The van der Waals surface area contributed by atoms with Crippen molar-refractivity contribution in [3.05, 3.63) is 35.9 Å². The van der Waals surface area contributed by atoms with Gasteiger partial charge in [0.15, 0.2) is 0 Å². The zero-order chi connectivity index (χ0) is 14.4. The van der Waals surface area contributed by atoms with Crippen LogP contribution in [-0.4, -0.2) is 41.3 Å². The molecule has 108 valence electrons. The maximum atomic E-state index is 11.6. The van der Waals surface area contributed by atoms with Gasteiger partial charge >= 0.3 is 12.2 Å². The fraction of sp³-hybridized carbons (Fsp3) is 0.429. The number of carbonyl (C=O) groups excluding carboxylic acids is 1. The fourth-order valence-electron chi connectivity index (χ4n) is 2.28. The van der Waals surface area contributed by atoms with Crippen LogP contribution in [0.5, 0.6) is 0 Å². The van der Waals surface area contributed by atoms with E-state index in [4.69, 9.17) is 9.84 Å². The Morgan fingerprint density at radius 2 is 2.10 bits per heavy atom. The van der Waals surface area contributed by atoms with Crippen LogP contribution in [0, 0.1) is 0 Å². The van der Waals surface area contributed by atoms with Crippen molar-refractivity contribution >= 4 is 12.2 Å². The molecular weight excluding hydrogens is 260 g/mol. The number of likely N-dealkylation sites (tertiary alicyclic amines) is 1. The smallest absolute Gasteiger partial charge is 0.407 e. The molecule has 0 radical (unpaired) electrons. The zero-order valence-electron chi connectivity index (χ0n) is 11.1. The van der Waals surface area contributed by atoms with Crippen LogP contribution in [0.3, 0.4) is 0 Å². The second-order valence-electron chi connectivity index (χ2n) is 4.71. The van der Waals surface area contributed by atoms with Crippen LogP contribution in [0.1, 0.15) is 18.4 Å². The first kappa shape index (κ1) is 14.2. The van der Waals surface area contributed by atoms with Crippen LogP contribution in [0.4, 0.5) is 9.59 Å². The van der Waals surface area contributed by atoms with Crippen molar-refractivity contribution in [2.24, 2.45) is 0 Å². The number of hydrogen-bond acceptors (Lipinski definition) is 3. The first-order valence-corrected chi connectivity index (χ1v) is 6.61. The summed E-state index contributed by atoms with van der Waals surface area (Å²) in [7, 11) is 0. The summed E-state index contributed by atoms with van der Waals surface area (Å²) in [4.78, 5) is 23.9. The first-order chi connectivity index (χ1) is 9.66. The van der Waals surface area contributed by atoms with E-state index in [1.807, 2.05) is 30.3 Å². The van der Waals surface area contributed by atoms with Crippen molar-refractivity contribution < 1.29 is 19.4 Å². The van der Waals surface area contributed by atoms with Crippen molar-refractivity contribution in [3.8, 4) is 0 Å². The summed E-state index contributed by atoms with van der Waals surface area (Å²) in [6.45, 7) is 1.03. The minimum atomic E-state index is -0.938. The second-order valence-corrected chi connectivity index (χ2v) is 4.71. The number of amides is 2. The highest BCUT2D eigenvalue weighted by Gasteiger charge is 2.28. The number of nitrogens with one attached hydrogen (secondary N) is 1. The van der Waals surface area contributed by atoms with Gasteiger partial charge < -0.3 is 20.1 Å². The van der Waals surface area contributed by atoms with Gasteiger partial charge in [0.05, 0.1) is 6.04 Å². The number of nitrogens with zero attached hydrogens (tertiary/aromatic N) is 1. The van der Waals surface area contributed by atoms with Gasteiger partial charge in [0.2, 0.25) is 0 Å². The van der Waals surface area contributed by atoms with Gasteiger partial charge in [-0.15, -0.1) is 0 Å². The summed E-state index contributed by atoms with van der Waals surface area (Å²) >= 11 is 0. The van der Waals surface area contributed by atoms with E-state index in [1.165, 1.54) is 4.90 Å². The molecule has 0 spiro atoms. The molecule has 1 atom stereocenters. The quantitative estimate of drug-likeness (QED) is 0.883. The van der Waals surface area contributed by atoms with Gasteiger partial charge in [-0.3, -0.25) is 0 Å². The monoisotopic (exact) mass is 278 g/mol. The van der Waals surface area contributed by atoms with Crippen LogP contribution in [0.25, 0.3) is 0 Å². The van der Waals surface area contributed by atoms with Crippen LogP contribution >= 0.6 is 0 Å². The molecule has 0 aliphatic carbocycles. The zero-order valence-corrected chi connectivity index (χ0v) is 11.1. The van der Waals surface area contributed by atoms with E-state index in [1.54, 1.807) is 0 Å². The lowest BCUT2D eigenvalue weighted by molar-refractivity contribution is 0.127. The number of benzene rings is 1. The Hall–Kier alpha value is -2.24. The lowest BCUT2D eigenvalue weighted by Gasteiger charge is -2.21. The molecule has 0 saturated carbocycles. The highest BCUT2D eigenvalue weighted by molar-refractivity contribution is 5.68. The van der Waals surface area contributed by atoms with Gasteiger partial charge in [0.1, 0.15) is 6.61 Å². The summed E-state index contributed by atoms with van der Waals surface area (Å²) in [5.74, 6) is 0. The van der Waals surface area contributed by atoms with E-state index in [2.05, 4.69) is 5.32 Å². The van der Waals surface area contributed by atoms with E-state index in [0.29, 0.717) is 13.1 Å². The van der Waals surface area contributed by atoms with Crippen LogP contribution < -0.4 is 5.32 Å². The van der Waals surface area contributed by atoms with Gasteiger partial charge in [0, 0.05) is 13.1 Å². The third kappa shape index (κ3) is 3.88. The predicted molar refractivity (Wildman–Crippen MR) is 72.4 cm³/mol. The number of hydrogen-bond donors (Lipinski definition) is 2. The minimum absolute atomic E-state index is 0.156. The third-order valence-corrected chi connectivity index (χ3v) is 3.32. The van der Waals surface area contributed by atoms with Crippen molar-refractivity contribution in [2.75, 3.05) is 13.1 Å². The van der Waals surface area contributed by atoms with E-state index >= 15 is 0 Å². The minimum Gasteiger partial charge on any atom is -0.465 e. The number of carbonyl (C=O) groups is 2. The van der Waals surface area contributed by atoms with E-state index in [9.17, 15) is 9.59 Å². The normalized spacial score (nSPS) is 17.8. The maximum absolute atomic E-state index is 11.6. The summed E-state index contributed by atoms with van der Waals surface area (Å²) in [5.41, 5.74) is 0.913. The summed E-state index contributed by atoms with van der Waals surface area (Å²) in [6, 6.07) is 9.23. The van der Waals surface area contributed by atoms with Crippen molar-refractivity contribution in [3.63, 3.8) is 0 Å². The molecule has 1 fully saturated rings. The average molecular weight is 278 g/mol. The lowest BCUT2D eigenvalue weighted by atomic mass is 10.2. The number of ether oxygens (including phenoxy) is 1. The van der Waals surface area contributed by atoms with Gasteiger partial charge in [-0.2, -0.15) is 0 Å². The van der Waals surface area contributed by atoms with Crippen molar-refractivity contribution in [1.29, 1.82) is 0 Å². The Morgan fingerprint density at radius 1 is 1.35 bits per heavy atom. The van der Waals surface area contributed by atoms with Crippen molar-refractivity contribution in [1.82, 2.24) is 10.2 Å². The first-order valence-electron chi connectivity index (χ1n) is 6.61. The molecule has 1 aliphatic rings. The Balaban J connectivity index is 1.71. The van der Waals surface area contributed by atoms with E-state index in [-0.39, 0.29) is 12.6 Å². The number of alkyl carbamates (subject to hydrolysis) is 1. The van der Waals surface area contributed by atoms with Gasteiger partial charge in [-0.1, -0.05) is 30.3 Å². The standard InChI is InChI=1S/C14H18N2O4/c17-13(20-10-11-5-2-1-3-6-11)15-9-12-7-4-8-16(12)14(18)19/h1-3,5-6,12H,4,7-10H2,(H,15,17)(H,18,19)/t12-/m1/s1. The predicted octanol–water partition coefficient (Wildman–Crippen LogP) is 2.06. The van der Waals surface area contributed by atoms with Gasteiger partial charge in [0.25, 0.3) is 0 Å². The number of rotatable bonds is 4. The molecule has 6 nitrogen and oxygen atoms in total. The van der Waals surface area contributed by atoms with Crippen LogP contribution in [0.2, 0.25) is 0 Å².